The summed E-state index contributed by atoms with van der Waals surface area (Å²) >= 11 is 0. The van der Waals surface area contributed by atoms with E-state index in [-0.39, 0.29) is 35.7 Å². The molecule has 3 rings (SSSR count). The summed E-state index contributed by atoms with van der Waals surface area (Å²) in [5, 5.41) is 2.76. The van der Waals surface area contributed by atoms with Crippen molar-refractivity contribution in [2.75, 3.05) is 18.6 Å². The van der Waals surface area contributed by atoms with E-state index in [4.69, 9.17) is 4.74 Å². The van der Waals surface area contributed by atoms with E-state index < -0.39 is 10.0 Å². The van der Waals surface area contributed by atoms with Crippen molar-refractivity contribution in [3.63, 3.8) is 0 Å². The van der Waals surface area contributed by atoms with Gasteiger partial charge in [-0.2, -0.15) is 0 Å². The van der Waals surface area contributed by atoms with Crippen molar-refractivity contribution in [1.29, 1.82) is 0 Å². The van der Waals surface area contributed by atoms with Gasteiger partial charge in [0.05, 0.1) is 12.0 Å². The minimum Gasteiger partial charge on any atom is -0.496 e. The predicted octanol–water partition coefficient (Wildman–Crippen LogP) is 1.98. The molecule has 31 heavy (non-hydrogen) atoms. The number of carbonyl (C=O) groups is 2. The summed E-state index contributed by atoms with van der Waals surface area (Å²) in [5.74, 6) is 0.338. The topological polar surface area (TPSA) is 105 Å². The van der Waals surface area contributed by atoms with Crippen LogP contribution in [0.15, 0.2) is 47.4 Å². The van der Waals surface area contributed by atoms with E-state index in [1.807, 2.05) is 31.2 Å². The number of para-hydroxylation sites is 1. The van der Waals surface area contributed by atoms with Crippen LogP contribution in [0.4, 0.5) is 5.69 Å². The lowest BCUT2D eigenvalue weighted by Gasteiger charge is -2.20. The molecule has 0 unspecified atom stereocenters. The Morgan fingerprint density at radius 1 is 1.19 bits per heavy atom. The van der Waals surface area contributed by atoms with Gasteiger partial charge in [0.15, 0.2) is 0 Å². The number of hydrogen-bond acceptors (Lipinski definition) is 5. The molecule has 2 amide bonds. The number of amides is 2. The first-order valence-electron chi connectivity index (χ1n) is 10.0. The Bertz CT molecular complexity index is 1080. The fraction of sp³-hybridized carbons (Fsp3) is 0.364. The van der Waals surface area contributed by atoms with Crippen molar-refractivity contribution < 1.29 is 22.7 Å². The minimum absolute atomic E-state index is 0.00840. The third kappa shape index (κ3) is 5.23. The number of rotatable bonds is 8. The Morgan fingerprint density at radius 2 is 1.94 bits per heavy atom. The number of sulfonamides is 1. The average Bonchev–Trinajstić information content (AvgIpc) is 3.07. The van der Waals surface area contributed by atoms with Crippen LogP contribution < -0.4 is 19.7 Å². The summed E-state index contributed by atoms with van der Waals surface area (Å²) in [4.78, 5) is 25.7. The molecule has 1 aliphatic rings. The molecule has 0 radical (unpaired) electrons. The monoisotopic (exact) mass is 445 g/mol. The highest BCUT2D eigenvalue weighted by Gasteiger charge is 2.30. The van der Waals surface area contributed by atoms with Gasteiger partial charge in [0, 0.05) is 43.7 Å². The normalized spacial score (nSPS) is 15.5. The van der Waals surface area contributed by atoms with E-state index in [0.717, 1.165) is 16.8 Å². The van der Waals surface area contributed by atoms with E-state index in [2.05, 4.69) is 10.0 Å². The lowest BCUT2D eigenvalue weighted by Crippen LogP contribution is -2.33. The first kappa shape index (κ1) is 22.8. The highest BCUT2D eigenvalue weighted by atomic mass is 32.2. The number of fused-ring (bicyclic) bond motifs is 1. The number of anilines is 1. The Hall–Kier alpha value is -2.91. The van der Waals surface area contributed by atoms with E-state index in [9.17, 15) is 18.0 Å². The summed E-state index contributed by atoms with van der Waals surface area (Å²) in [6, 6.07) is 12.1. The van der Waals surface area contributed by atoms with Gasteiger partial charge in [0.25, 0.3) is 0 Å². The van der Waals surface area contributed by atoms with Gasteiger partial charge < -0.3 is 15.0 Å². The third-order valence-corrected chi connectivity index (χ3v) is 6.69. The number of methoxy groups -OCH3 is 1. The fourth-order valence-electron chi connectivity index (χ4n) is 3.77. The van der Waals surface area contributed by atoms with E-state index in [1.165, 1.54) is 13.0 Å². The fourth-order valence-corrected chi connectivity index (χ4v) is 4.85. The standard InChI is InChI=1S/C22H27N3O5S/c1-15-12-18-13-19(8-9-20(18)25(15)16(2)26)31(28,29)24-11-10-22(27)23-14-17-6-4-5-7-21(17)30-3/h4-9,13,15,24H,10-12,14H2,1-3H3,(H,23,27)/t15-/m1/s1. The first-order chi connectivity index (χ1) is 14.7. The summed E-state index contributed by atoms with van der Waals surface area (Å²) in [5.41, 5.74) is 2.40. The van der Waals surface area contributed by atoms with Crippen LogP contribution in [0.25, 0.3) is 0 Å². The number of nitrogens with zero attached hydrogens (tertiary/aromatic N) is 1. The molecule has 1 aliphatic heterocycles. The molecular formula is C22H27N3O5S. The predicted molar refractivity (Wildman–Crippen MR) is 117 cm³/mol. The van der Waals surface area contributed by atoms with Gasteiger partial charge in [0.1, 0.15) is 5.75 Å². The van der Waals surface area contributed by atoms with E-state index >= 15 is 0 Å². The average molecular weight is 446 g/mol. The molecule has 2 aromatic rings. The highest BCUT2D eigenvalue weighted by molar-refractivity contribution is 7.89. The van der Waals surface area contributed by atoms with Crippen LogP contribution in [0.2, 0.25) is 0 Å². The van der Waals surface area contributed by atoms with Crippen molar-refractivity contribution >= 4 is 27.5 Å². The molecule has 166 valence electrons. The van der Waals surface area contributed by atoms with Crippen molar-refractivity contribution in [1.82, 2.24) is 10.0 Å². The van der Waals surface area contributed by atoms with Gasteiger partial charge in [-0.1, -0.05) is 18.2 Å². The quantitative estimate of drug-likeness (QED) is 0.647. The second kappa shape index (κ2) is 9.49. The Kier molecular flexibility index (Phi) is 6.97. The van der Waals surface area contributed by atoms with Crippen LogP contribution in [-0.2, 0) is 32.6 Å². The summed E-state index contributed by atoms with van der Waals surface area (Å²) in [6.07, 6.45) is 0.609. The zero-order valence-corrected chi connectivity index (χ0v) is 18.7. The number of benzene rings is 2. The molecule has 0 aromatic heterocycles. The summed E-state index contributed by atoms with van der Waals surface area (Å²) < 4.78 is 33.0. The molecule has 0 fully saturated rings. The van der Waals surface area contributed by atoms with Gasteiger partial charge in [0.2, 0.25) is 21.8 Å². The summed E-state index contributed by atoms with van der Waals surface area (Å²) in [7, 11) is -2.20. The molecule has 1 atom stereocenters. The SMILES string of the molecule is COc1ccccc1CNC(=O)CCNS(=O)(=O)c1ccc2c(c1)C[C@@H](C)N2C(C)=O. The Balaban J connectivity index is 1.55. The number of hydrogen-bond donors (Lipinski definition) is 2. The molecule has 0 saturated carbocycles. The van der Waals surface area contributed by atoms with Crippen molar-refractivity contribution in [2.45, 2.75) is 44.2 Å². The first-order valence-corrected chi connectivity index (χ1v) is 11.5. The van der Waals surface area contributed by atoms with Crippen molar-refractivity contribution in [3.05, 3.63) is 53.6 Å². The zero-order chi connectivity index (χ0) is 22.6. The van der Waals surface area contributed by atoms with E-state index in [0.29, 0.717) is 18.7 Å². The molecule has 0 saturated heterocycles. The van der Waals surface area contributed by atoms with Crippen LogP contribution in [0.5, 0.6) is 5.75 Å². The third-order valence-electron chi connectivity index (χ3n) is 5.23. The second-order valence-corrected chi connectivity index (χ2v) is 9.24. The zero-order valence-electron chi connectivity index (χ0n) is 17.8. The van der Waals surface area contributed by atoms with Crippen molar-refractivity contribution in [3.8, 4) is 5.75 Å². The molecule has 2 N–H and O–H groups in total. The minimum atomic E-state index is -3.76. The summed E-state index contributed by atoms with van der Waals surface area (Å²) in [6.45, 7) is 3.70. The molecular weight excluding hydrogens is 418 g/mol. The smallest absolute Gasteiger partial charge is 0.240 e. The van der Waals surface area contributed by atoms with Gasteiger partial charge in [-0.05, 0) is 43.2 Å². The van der Waals surface area contributed by atoms with Crippen LogP contribution >= 0.6 is 0 Å². The molecule has 2 aromatic carbocycles. The van der Waals surface area contributed by atoms with Gasteiger partial charge in [-0.15, -0.1) is 0 Å². The molecule has 9 heteroatoms. The lowest BCUT2D eigenvalue weighted by molar-refractivity contribution is -0.121. The molecule has 1 heterocycles. The molecule has 0 spiro atoms. The van der Waals surface area contributed by atoms with Gasteiger partial charge in [-0.25, -0.2) is 13.1 Å². The van der Waals surface area contributed by atoms with Crippen LogP contribution in [-0.4, -0.2) is 39.9 Å². The number of ether oxygens (including phenoxy) is 1. The van der Waals surface area contributed by atoms with Crippen LogP contribution in [0, 0.1) is 0 Å². The lowest BCUT2D eigenvalue weighted by atomic mass is 10.1. The molecule has 0 aliphatic carbocycles. The second-order valence-electron chi connectivity index (χ2n) is 7.47. The highest BCUT2D eigenvalue weighted by Crippen LogP contribution is 2.33. The number of carbonyl (C=O) groups excluding carboxylic acids is 2. The molecule has 8 nitrogen and oxygen atoms in total. The Labute approximate surface area is 182 Å². The molecule has 0 bridgehead atoms. The Morgan fingerprint density at radius 3 is 2.65 bits per heavy atom. The largest absolute Gasteiger partial charge is 0.496 e. The van der Waals surface area contributed by atoms with Gasteiger partial charge in [-0.3, -0.25) is 9.59 Å². The maximum Gasteiger partial charge on any atom is 0.240 e. The van der Waals surface area contributed by atoms with Crippen molar-refractivity contribution in [2.24, 2.45) is 0 Å². The maximum absolute atomic E-state index is 12.6. The number of nitrogens with one attached hydrogen (secondary N) is 2. The van der Waals surface area contributed by atoms with Crippen LogP contribution in [0.1, 0.15) is 31.4 Å². The van der Waals surface area contributed by atoms with E-state index in [1.54, 1.807) is 24.1 Å². The van der Waals surface area contributed by atoms with Gasteiger partial charge >= 0.3 is 0 Å². The maximum atomic E-state index is 12.6. The van der Waals surface area contributed by atoms with Crippen LogP contribution in [0.3, 0.4) is 0 Å².